The largest absolute Gasteiger partial charge is 0.485 e. The number of benzene rings is 1. The van der Waals surface area contributed by atoms with Crippen LogP contribution in [0, 0.1) is 0 Å². The Bertz CT molecular complexity index is 357. The summed E-state index contributed by atoms with van der Waals surface area (Å²) in [5.74, 6) is 0.914. The SMILES string of the molecule is CCCCCC1=Nc2ccccc2OC1. The molecule has 1 aliphatic heterocycles. The van der Waals surface area contributed by atoms with E-state index in [2.05, 4.69) is 11.9 Å². The highest BCUT2D eigenvalue weighted by atomic mass is 16.5. The maximum absolute atomic E-state index is 5.64. The van der Waals surface area contributed by atoms with E-state index < -0.39 is 0 Å². The third kappa shape index (κ3) is 2.58. The lowest BCUT2D eigenvalue weighted by atomic mass is 10.1. The summed E-state index contributed by atoms with van der Waals surface area (Å²) in [6.45, 7) is 2.88. The molecule has 1 aliphatic rings. The van der Waals surface area contributed by atoms with E-state index >= 15 is 0 Å². The normalized spacial score (nSPS) is 14.1. The fourth-order valence-corrected chi connectivity index (χ4v) is 1.74. The number of hydrogen-bond acceptors (Lipinski definition) is 2. The molecule has 0 spiro atoms. The number of unbranched alkanes of at least 4 members (excludes halogenated alkanes) is 2. The minimum absolute atomic E-state index is 0.667. The van der Waals surface area contributed by atoms with Crippen LogP contribution >= 0.6 is 0 Å². The van der Waals surface area contributed by atoms with E-state index in [0.29, 0.717) is 6.61 Å². The van der Waals surface area contributed by atoms with Crippen molar-refractivity contribution in [2.75, 3.05) is 6.61 Å². The van der Waals surface area contributed by atoms with Gasteiger partial charge in [0.05, 0.1) is 5.71 Å². The fraction of sp³-hybridized carbons (Fsp3) is 0.462. The lowest BCUT2D eigenvalue weighted by Crippen LogP contribution is -2.14. The summed E-state index contributed by atoms with van der Waals surface area (Å²) in [6, 6.07) is 7.97. The van der Waals surface area contributed by atoms with Crippen molar-refractivity contribution < 1.29 is 4.74 Å². The second-order valence-electron chi connectivity index (χ2n) is 3.89. The van der Waals surface area contributed by atoms with Gasteiger partial charge < -0.3 is 4.74 Å². The predicted molar refractivity (Wildman–Crippen MR) is 63.2 cm³/mol. The van der Waals surface area contributed by atoms with E-state index in [1.807, 2.05) is 24.3 Å². The van der Waals surface area contributed by atoms with Gasteiger partial charge in [-0.3, -0.25) is 4.99 Å². The lowest BCUT2D eigenvalue weighted by molar-refractivity contribution is 0.369. The monoisotopic (exact) mass is 203 g/mol. The van der Waals surface area contributed by atoms with Crippen LogP contribution in [-0.4, -0.2) is 12.3 Å². The van der Waals surface area contributed by atoms with Gasteiger partial charge in [0.25, 0.3) is 0 Å². The number of ether oxygens (including phenoxy) is 1. The second kappa shape index (κ2) is 4.96. The summed E-state index contributed by atoms with van der Waals surface area (Å²) in [7, 11) is 0. The van der Waals surface area contributed by atoms with E-state index in [0.717, 1.165) is 17.9 Å². The van der Waals surface area contributed by atoms with Crippen LogP contribution in [0.15, 0.2) is 29.3 Å². The Kier molecular flexibility index (Phi) is 3.38. The third-order valence-corrected chi connectivity index (χ3v) is 2.61. The van der Waals surface area contributed by atoms with Crippen molar-refractivity contribution in [1.29, 1.82) is 0 Å². The van der Waals surface area contributed by atoms with Crippen molar-refractivity contribution in [3.05, 3.63) is 24.3 Å². The quantitative estimate of drug-likeness (QED) is 0.683. The van der Waals surface area contributed by atoms with Gasteiger partial charge >= 0.3 is 0 Å². The topological polar surface area (TPSA) is 21.6 Å². The molecule has 1 heterocycles. The molecule has 80 valence electrons. The summed E-state index contributed by atoms with van der Waals surface area (Å²) in [5.41, 5.74) is 2.16. The second-order valence-corrected chi connectivity index (χ2v) is 3.89. The maximum atomic E-state index is 5.64. The Morgan fingerprint density at radius 1 is 1.27 bits per heavy atom. The van der Waals surface area contributed by atoms with Gasteiger partial charge in [-0.25, -0.2) is 0 Å². The highest BCUT2D eigenvalue weighted by Crippen LogP contribution is 2.30. The van der Waals surface area contributed by atoms with E-state index in [9.17, 15) is 0 Å². The average molecular weight is 203 g/mol. The highest BCUT2D eigenvalue weighted by Gasteiger charge is 2.11. The maximum Gasteiger partial charge on any atom is 0.145 e. The molecular formula is C13H17NO. The van der Waals surface area contributed by atoms with Crippen molar-refractivity contribution >= 4 is 11.4 Å². The fourth-order valence-electron chi connectivity index (χ4n) is 1.74. The molecule has 2 nitrogen and oxygen atoms in total. The lowest BCUT2D eigenvalue weighted by Gasteiger charge is -2.16. The van der Waals surface area contributed by atoms with Gasteiger partial charge in [-0.05, 0) is 25.0 Å². The standard InChI is InChI=1S/C13H17NO/c1-2-3-4-7-11-10-15-13-9-6-5-8-12(13)14-11/h5-6,8-9H,2-4,7,10H2,1H3. The van der Waals surface area contributed by atoms with Crippen LogP contribution in [-0.2, 0) is 0 Å². The van der Waals surface area contributed by atoms with Crippen LogP contribution in [0.2, 0.25) is 0 Å². The summed E-state index contributed by atoms with van der Waals surface area (Å²) in [6.07, 6.45) is 4.83. The first-order chi connectivity index (χ1) is 7.40. The van der Waals surface area contributed by atoms with Crippen molar-refractivity contribution in [2.45, 2.75) is 32.6 Å². The van der Waals surface area contributed by atoms with Crippen molar-refractivity contribution in [1.82, 2.24) is 0 Å². The van der Waals surface area contributed by atoms with Gasteiger partial charge in [0.1, 0.15) is 18.0 Å². The van der Waals surface area contributed by atoms with Crippen LogP contribution in [0.3, 0.4) is 0 Å². The van der Waals surface area contributed by atoms with Gasteiger partial charge in [-0.1, -0.05) is 31.9 Å². The first-order valence-electron chi connectivity index (χ1n) is 5.68. The van der Waals surface area contributed by atoms with Crippen molar-refractivity contribution in [3.8, 4) is 5.75 Å². The molecule has 0 bridgehead atoms. The first kappa shape index (κ1) is 10.2. The van der Waals surface area contributed by atoms with Gasteiger partial charge in [0.15, 0.2) is 0 Å². The molecule has 0 aliphatic carbocycles. The molecule has 0 radical (unpaired) electrons. The number of aliphatic imine (C=N–C) groups is 1. The number of hydrogen-bond donors (Lipinski definition) is 0. The van der Waals surface area contributed by atoms with E-state index in [1.54, 1.807) is 0 Å². The van der Waals surface area contributed by atoms with Crippen LogP contribution in [0.4, 0.5) is 5.69 Å². The molecule has 1 aromatic carbocycles. The zero-order valence-corrected chi connectivity index (χ0v) is 9.20. The molecular weight excluding hydrogens is 186 g/mol. The molecule has 0 unspecified atom stereocenters. The minimum Gasteiger partial charge on any atom is -0.485 e. The number of para-hydroxylation sites is 2. The molecule has 0 saturated carbocycles. The Morgan fingerprint density at radius 2 is 2.13 bits per heavy atom. The van der Waals surface area contributed by atoms with Gasteiger partial charge in [0, 0.05) is 0 Å². The predicted octanol–water partition coefficient (Wildman–Crippen LogP) is 3.73. The molecule has 0 N–H and O–H groups in total. The average Bonchev–Trinajstić information content (AvgIpc) is 2.29. The highest BCUT2D eigenvalue weighted by molar-refractivity contribution is 5.90. The molecule has 2 heteroatoms. The molecule has 15 heavy (non-hydrogen) atoms. The van der Waals surface area contributed by atoms with Crippen LogP contribution in [0.25, 0.3) is 0 Å². The van der Waals surface area contributed by atoms with E-state index in [1.165, 1.54) is 25.0 Å². The molecule has 0 saturated heterocycles. The van der Waals surface area contributed by atoms with Crippen LogP contribution < -0.4 is 4.74 Å². The molecule has 0 amide bonds. The zero-order chi connectivity index (χ0) is 10.5. The molecule has 0 atom stereocenters. The van der Waals surface area contributed by atoms with Crippen molar-refractivity contribution in [2.24, 2.45) is 4.99 Å². The zero-order valence-electron chi connectivity index (χ0n) is 9.20. The molecule has 0 fully saturated rings. The Labute approximate surface area is 91.0 Å². The first-order valence-corrected chi connectivity index (χ1v) is 5.68. The number of nitrogens with zero attached hydrogens (tertiary/aromatic N) is 1. The van der Waals surface area contributed by atoms with Gasteiger partial charge in [-0.15, -0.1) is 0 Å². The summed E-state index contributed by atoms with van der Waals surface area (Å²) < 4.78 is 5.64. The van der Waals surface area contributed by atoms with Gasteiger partial charge in [-0.2, -0.15) is 0 Å². The third-order valence-electron chi connectivity index (χ3n) is 2.61. The van der Waals surface area contributed by atoms with E-state index in [4.69, 9.17) is 4.74 Å². The molecule has 0 aromatic heterocycles. The minimum atomic E-state index is 0.667. The smallest absolute Gasteiger partial charge is 0.145 e. The molecule has 1 aromatic rings. The molecule has 2 rings (SSSR count). The summed E-state index contributed by atoms with van der Waals surface area (Å²) >= 11 is 0. The Balaban J connectivity index is 2.02. The van der Waals surface area contributed by atoms with Crippen molar-refractivity contribution in [3.63, 3.8) is 0 Å². The van der Waals surface area contributed by atoms with Crippen LogP contribution in [0.5, 0.6) is 5.75 Å². The van der Waals surface area contributed by atoms with Gasteiger partial charge in [0.2, 0.25) is 0 Å². The van der Waals surface area contributed by atoms with E-state index in [-0.39, 0.29) is 0 Å². The Morgan fingerprint density at radius 3 is 3.00 bits per heavy atom. The summed E-state index contributed by atoms with van der Waals surface area (Å²) in [4.78, 5) is 4.61. The number of rotatable bonds is 4. The van der Waals surface area contributed by atoms with Crippen LogP contribution in [0.1, 0.15) is 32.6 Å². The summed E-state index contributed by atoms with van der Waals surface area (Å²) in [5, 5.41) is 0. The Hall–Kier alpha value is -1.31. The number of fused-ring (bicyclic) bond motifs is 1.